The summed E-state index contributed by atoms with van der Waals surface area (Å²) < 4.78 is 10.5. The number of rotatable bonds is 9. The summed E-state index contributed by atoms with van der Waals surface area (Å²) >= 11 is 0. The Balaban J connectivity index is 1.76. The first kappa shape index (κ1) is 22.0. The van der Waals surface area contributed by atoms with Gasteiger partial charge in [-0.3, -0.25) is 14.5 Å². The van der Waals surface area contributed by atoms with Crippen molar-refractivity contribution < 1.29 is 19.1 Å². The Bertz CT molecular complexity index is 653. The maximum atomic E-state index is 12.5. The van der Waals surface area contributed by atoms with E-state index in [4.69, 9.17) is 9.47 Å². The van der Waals surface area contributed by atoms with E-state index in [0.717, 1.165) is 44.6 Å². The standard InChI is InChI=1S/C21H33N3O4/c1-5-24(6-2)21(26)17-9-11-23(12-10-17)15-20(25)22-14-16-7-8-18(27-3)19(13-16)28-4/h7-8,13,17H,5-6,9-12,14-15H2,1-4H3,(H,22,25). The number of piperidine rings is 1. The van der Waals surface area contributed by atoms with Gasteiger partial charge in [0, 0.05) is 25.6 Å². The van der Waals surface area contributed by atoms with Gasteiger partial charge in [0.05, 0.1) is 20.8 Å². The Labute approximate surface area is 168 Å². The molecule has 7 heteroatoms. The first-order valence-electron chi connectivity index (χ1n) is 10.0. The molecule has 28 heavy (non-hydrogen) atoms. The molecule has 1 aromatic rings. The van der Waals surface area contributed by atoms with E-state index >= 15 is 0 Å². The fraction of sp³-hybridized carbons (Fsp3) is 0.619. The number of methoxy groups -OCH3 is 2. The fourth-order valence-corrected chi connectivity index (χ4v) is 3.58. The van der Waals surface area contributed by atoms with Crippen molar-refractivity contribution in [1.29, 1.82) is 0 Å². The van der Waals surface area contributed by atoms with Crippen LogP contribution < -0.4 is 14.8 Å². The molecular formula is C21H33N3O4. The van der Waals surface area contributed by atoms with Gasteiger partial charge in [0.25, 0.3) is 0 Å². The van der Waals surface area contributed by atoms with Crippen molar-refractivity contribution >= 4 is 11.8 Å². The summed E-state index contributed by atoms with van der Waals surface area (Å²) in [7, 11) is 3.19. The van der Waals surface area contributed by atoms with Gasteiger partial charge < -0.3 is 19.7 Å². The van der Waals surface area contributed by atoms with Gasteiger partial charge in [-0.05, 0) is 57.5 Å². The zero-order valence-electron chi connectivity index (χ0n) is 17.5. The summed E-state index contributed by atoms with van der Waals surface area (Å²) in [5.41, 5.74) is 0.953. The van der Waals surface area contributed by atoms with E-state index in [2.05, 4.69) is 10.2 Å². The van der Waals surface area contributed by atoms with Crippen LogP contribution in [0.1, 0.15) is 32.3 Å². The average molecular weight is 392 g/mol. The number of hydrogen-bond acceptors (Lipinski definition) is 5. The minimum absolute atomic E-state index is 0.0108. The third kappa shape index (κ3) is 5.86. The second-order valence-electron chi connectivity index (χ2n) is 7.03. The average Bonchev–Trinajstić information content (AvgIpc) is 2.73. The second kappa shape index (κ2) is 10.9. The highest BCUT2D eigenvalue weighted by Crippen LogP contribution is 2.27. The van der Waals surface area contributed by atoms with Crippen molar-refractivity contribution in [2.24, 2.45) is 5.92 Å². The predicted molar refractivity (Wildman–Crippen MR) is 108 cm³/mol. The second-order valence-corrected chi connectivity index (χ2v) is 7.03. The molecule has 0 spiro atoms. The lowest BCUT2D eigenvalue weighted by molar-refractivity contribution is -0.136. The van der Waals surface area contributed by atoms with Crippen LogP contribution in [0.5, 0.6) is 11.5 Å². The topological polar surface area (TPSA) is 71.1 Å². The number of carbonyl (C=O) groups excluding carboxylic acids is 2. The number of ether oxygens (including phenoxy) is 2. The molecule has 7 nitrogen and oxygen atoms in total. The molecule has 1 fully saturated rings. The molecule has 0 unspecified atom stereocenters. The normalized spacial score (nSPS) is 15.1. The largest absolute Gasteiger partial charge is 0.493 e. The smallest absolute Gasteiger partial charge is 0.234 e. The zero-order valence-corrected chi connectivity index (χ0v) is 17.5. The van der Waals surface area contributed by atoms with E-state index in [1.807, 2.05) is 36.9 Å². The number of nitrogens with one attached hydrogen (secondary N) is 1. The van der Waals surface area contributed by atoms with E-state index < -0.39 is 0 Å². The van der Waals surface area contributed by atoms with Crippen molar-refractivity contribution in [1.82, 2.24) is 15.1 Å². The van der Waals surface area contributed by atoms with Crippen LogP contribution in [-0.4, -0.2) is 68.6 Å². The minimum Gasteiger partial charge on any atom is -0.493 e. The minimum atomic E-state index is -0.0108. The van der Waals surface area contributed by atoms with Gasteiger partial charge in [0.15, 0.2) is 11.5 Å². The van der Waals surface area contributed by atoms with Crippen LogP contribution in [0.2, 0.25) is 0 Å². The summed E-state index contributed by atoms with van der Waals surface area (Å²) in [6.45, 7) is 7.90. The number of likely N-dealkylation sites (tertiary alicyclic amines) is 1. The number of amides is 2. The Kier molecular flexibility index (Phi) is 8.57. The van der Waals surface area contributed by atoms with Crippen molar-refractivity contribution in [3.63, 3.8) is 0 Å². The van der Waals surface area contributed by atoms with Gasteiger partial charge >= 0.3 is 0 Å². The predicted octanol–water partition coefficient (Wildman–Crippen LogP) is 1.90. The molecule has 1 aliphatic heterocycles. The molecule has 1 saturated heterocycles. The number of carbonyl (C=O) groups is 2. The van der Waals surface area contributed by atoms with Gasteiger partial charge in [-0.2, -0.15) is 0 Å². The van der Waals surface area contributed by atoms with Crippen molar-refractivity contribution in [3.8, 4) is 11.5 Å². The first-order valence-corrected chi connectivity index (χ1v) is 10.0. The molecule has 2 rings (SSSR count). The highest BCUT2D eigenvalue weighted by molar-refractivity contribution is 5.79. The maximum absolute atomic E-state index is 12.5. The van der Waals surface area contributed by atoms with Crippen LogP contribution in [0.3, 0.4) is 0 Å². The van der Waals surface area contributed by atoms with Gasteiger partial charge in [-0.15, -0.1) is 0 Å². The number of benzene rings is 1. The van der Waals surface area contributed by atoms with Crippen LogP contribution in [-0.2, 0) is 16.1 Å². The summed E-state index contributed by atoms with van der Waals surface area (Å²) in [4.78, 5) is 28.8. The summed E-state index contributed by atoms with van der Waals surface area (Å²) in [5, 5.41) is 2.95. The summed E-state index contributed by atoms with van der Waals surface area (Å²) in [5.74, 6) is 1.64. The van der Waals surface area contributed by atoms with E-state index in [-0.39, 0.29) is 17.7 Å². The molecule has 1 aliphatic rings. The van der Waals surface area contributed by atoms with E-state index in [1.54, 1.807) is 14.2 Å². The van der Waals surface area contributed by atoms with E-state index in [9.17, 15) is 9.59 Å². The number of hydrogen-bond donors (Lipinski definition) is 1. The molecule has 1 heterocycles. The quantitative estimate of drug-likeness (QED) is 0.696. The molecule has 156 valence electrons. The van der Waals surface area contributed by atoms with Gasteiger partial charge in [-0.1, -0.05) is 6.07 Å². The van der Waals surface area contributed by atoms with Crippen molar-refractivity contribution in [3.05, 3.63) is 23.8 Å². The molecule has 0 aromatic heterocycles. The van der Waals surface area contributed by atoms with E-state index in [0.29, 0.717) is 24.6 Å². The van der Waals surface area contributed by atoms with Crippen LogP contribution >= 0.6 is 0 Å². The summed E-state index contributed by atoms with van der Waals surface area (Å²) in [6.07, 6.45) is 1.64. The molecule has 0 radical (unpaired) electrons. The van der Waals surface area contributed by atoms with Crippen LogP contribution in [0.4, 0.5) is 0 Å². The lowest BCUT2D eigenvalue weighted by atomic mass is 9.95. The van der Waals surface area contributed by atoms with Crippen molar-refractivity contribution in [2.75, 3.05) is 46.9 Å². The van der Waals surface area contributed by atoms with Gasteiger partial charge in [-0.25, -0.2) is 0 Å². The van der Waals surface area contributed by atoms with Crippen LogP contribution in [0, 0.1) is 5.92 Å². The van der Waals surface area contributed by atoms with Crippen molar-refractivity contribution in [2.45, 2.75) is 33.2 Å². The van der Waals surface area contributed by atoms with Gasteiger partial charge in [0.2, 0.25) is 11.8 Å². The molecule has 2 amide bonds. The monoisotopic (exact) mass is 391 g/mol. The Morgan fingerprint density at radius 1 is 1.11 bits per heavy atom. The van der Waals surface area contributed by atoms with Crippen LogP contribution in [0.25, 0.3) is 0 Å². The van der Waals surface area contributed by atoms with Gasteiger partial charge in [0.1, 0.15) is 0 Å². The fourth-order valence-electron chi connectivity index (χ4n) is 3.58. The highest BCUT2D eigenvalue weighted by Gasteiger charge is 2.28. The lowest BCUT2D eigenvalue weighted by Crippen LogP contribution is -2.45. The molecule has 0 bridgehead atoms. The molecule has 1 aromatic carbocycles. The first-order chi connectivity index (χ1) is 13.5. The maximum Gasteiger partial charge on any atom is 0.234 e. The zero-order chi connectivity index (χ0) is 20.5. The SMILES string of the molecule is CCN(CC)C(=O)C1CCN(CC(=O)NCc2ccc(OC)c(OC)c2)CC1. The molecule has 0 aliphatic carbocycles. The van der Waals surface area contributed by atoms with E-state index in [1.165, 1.54) is 0 Å². The Morgan fingerprint density at radius 2 is 1.75 bits per heavy atom. The lowest BCUT2D eigenvalue weighted by Gasteiger charge is -2.33. The number of nitrogens with zero attached hydrogens (tertiary/aromatic N) is 2. The third-order valence-corrected chi connectivity index (χ3v) is 5.32. The Hall–Kier alpha value is -2.28. The summed E-state index contributed by atoms with van der Waals surface area (Å²) in [6, 6.07) is 5.60. The highest BCUT2D eigenvalue weighted by atomic mass is 16.5. The Morgan fingerprint density at radius 3 is 2.32 bits per heavy atom. The molecular weight excluding hydrogens is 358 g/mol. The molecule has 1 N–H and O–H groups in total. The molecule has 0 saturated carbocycles. The molecule has 0 atom stereocenters. The third-order valence-electron chi connectivity index (χ3n) is 5.32. The van der Waals surface area contributed by atoms with Crippen LogP contribution in [0.15, 0.2) is 18.2 Å².